The summed E-state index contributed by atoms with van der Waals surface area (Å²) in [4.78, 5) is 7.10. The molecule has 148 valence electrons. The van der Waals surface area contributed by atoms with Gasteiger partial charge in [-0.2, -0.15) is 0 Å². The highest BCUT2D eigenvalue weighted by atomic mass is 32.2. The molecule has 2 N–H and O–H groups in total. The van der Waals surface area contributed by atoms with Crippen molar-refractivity contribution in [3.05, 3.63) is 0 Å². The highest BCUT2D eigenvalue weighted by molar-refractivity contribution is 7.89. The van der Waals surface area contributed by atoms with Gasteiger partial charge in [0.05, 0.1) is 5.75 Å². The average Bonchev–Trinajstić information content (AvgIpc) is 2.92. The summed E-state index contributed by atoms with van der Waals surface area (Å²) >= 11 is 0. The number of hydrogen-bond acceptors (Lipinski definition) is 4. The van der Waals surface area contributed by atoms with Gasteiger partial charge in [-0.1, -0.05) is 6.92 Å². The van der Waals surface area contributed by atoms with Crippen LogP contribution in [0.1, 0.15) is 41.0 Å². The van der Waals surface area contributed by atoms with Gasteiger partial charge < -0.3 is 10.6 Å². The molecular weight excluding hydrogens is 338 g/mol. The third-order valence-corrected chi connectivity index (χ3v) is 6.64. The Balaban J connectivity index is 2.52. The fourth-order valence-electron chi connectivity index (χ4n) is 2.95. The molecule has 1 fully saturated rings. The lowest BCUT2D eigenvalue weighted by molar-refractivity contribution is 0.265. The third-order valence-electron chi connectivity index (χ3n) is 4.78. The molecule has 0 aromatic heterocycles. The number of rotatable bonds is 9. The second-order valence-electron chi connectivity index (χ2n) is 7.11. The van der Waals surface area contributed by atoms with E-state index in [1.165, 1.54) is 4.31 Å². The average molecular weight is 376 g/mol. The smallest absolute Gasteiger partial charge is 0.213 e. The maximum Gasteiger partial charge on any atom is 0.213 e. The van der Waals surface area contributed by atoms with Crippen molar-refractivity contribution in [1.29, 1.82) is 0 Å². The van der Waals surface area contributed by atoms with Crippen molar-refractivity contribution >= 4 is 16.0 Å². The quantitative estimate of drug-likeness (QED) is 0.356. The van der Waals surface area contributed by atoms with Crippen LogP contribution in [0, 0.1) is 5.92 Å². The number of sulfonamides is 1. The molecule has 0 aliphatic carbocycles. The second-order valence-corrected chi connectivity index (χ2v) is 9.48. The molecule has 0 amide bonds. The van der Waals surface area contributed by atoms with E-state index in [0.717, 1.165) is 25.6 Å². The molecule has 0 radical (unpaired) electrons. The van der Waals surface area contributed by atoms with E-state index in [1.54, 1.807) is 14.0 Å². The van der Waals surface area contributed by atoms with Crippen molar-refractivity contribution in [3.63, 3.8) is 0 Å². The molecule has 1 saturated heterocycles. The monoisotopic (exact) mass is 375 g/mol. The molecule has 0 aromatic carbocycles. The number of nitrogens with one attached hydrogen (secondary N) is 2. The Labute approximate surface area is 154 Å². The summed E-state index contributed by atoms with van der Waals surface area (Å²) in [6.45, 7) is 14.5. The number of likely N-dealkylation sites (tertiary alicyclic amines) is 1. The van der Waals surface area contributed by atoms with Gasteiger partial charge in [-0.05, 0) is 40.0 Å². The number of aliphatic imine (C=N–C) groups is 1. The van der Waals surface area contributed by atoms with Crippen LogP contribution < -0.4 is 10.6 Å². The summed E-state index contributed by atoms with van der Waals surface area (Å²) < 4.78 is 24.9. The summed E-state index contributed by atoms with van der Waals surface area (Å²) in [6.07, 6.45) is 0.713. The van der Waals surface area contributed by atoms with E-state index in [4.69, 9.17) is 0 Å². The molecule has 0 spiro atoms. The maximum atomic E-state index is 11.7. The van der Waals surface area contributed by atoms with Gasteiger partial charge >= 0.3 is 0 Å². The van der Waals surface area contributed by atoms with Gasteiger partial charge in [-0.25, -0.2) is 12.7 Å². The zero-order valence-corrected chi connectivity index (χ0v) is 17.6. The first-order chi connectivity index (χ1) is 11.7. The van der Waals surface area contributed by atoms with Gasteiger partial charge in [0.2, 0.25) is 10.0 Å². The summed E-state index contributed by atoms with van der Waals surface area (Å²) in [5.74, 6) is 1.54. The van der Waals surface area contributed by atoms with E-state index in [9.17, 15) is 8.42 Å². The van der Waals surface area contributed by atoms with Crippen LogP contribution in [0.15, 0.2) is 4.99 Å². The van der Waals surface area contributed by atoms with Crippen LogP contribution >= 0.6 is 0 Å². The van der Waals surface area contributed by atoms with E-state index >= 15 is 0 Å². The molecule has 8 heteroatoms. The second kappa shape index (κ2) is 10.3. The van der Waals surface area contributed by atoms with Crippen molar-refractivity contribution in [1.82, 2.24) is 19.8 Å². The number of nitrogens with zero attached hydrogens (tertiary/aromatic N) is 3. The van der Waals surface area contributed by atoms with Gasteiger partial charge in [0.15, 0.2) is 5.96 Å². The van der Waals surface area contributed by atoms with Crippen molar-refractivity contribution in [2.24, 2.45) is 10.9 Å². The Bertz CT molecular complexity index is 521. The van der Waals surface area contributed by atoms with Crippen LogP contribution in [0.25, 0.3) is 0 Å². The highest BCUT2D eigenvalue weighted by Gasteiger charge is 2.31. The number of guanidine groups is 1. The largest absolute Gasteiger partial charge is 0.357 e. The molecular formula is C17H37N5O2S. The Morgan fingerprint density at radius 3 is 2.52 bits per heavy atom. The molecule has 0 saturated carbocycles. The minimum atomic E-state index is -3.10. The SMILES string of the molecule is CCNC(=NCCCN(C)S(=O)(=O)CC)NC1CN(C(C)C)CC1C. The molecule has 1 heterocycles. The zero-order valence-electron chi connectivity index (χ0n) is 16.7. The van der Waals surface area contributed by atoms with Gasteiger partial charge in [0, 0.05) is 51.9 Å². The molecule has 1 rings (SSSR count). The van der Waals surface area contributed by atoms with Crippen LogP contribution in [-0.2, 0) is 10.0 Å². The first kappa shape index (κ1) is 22.2. The van der Waals surface area contributed by atoms with Crippen molar-refractivity contribution < 1.29 is 8.42 Å². The fourth-order valence-corrected chi connectivity index (χ4v) is 3.80. The summed E-state index contributed by atoms with van der Waals surface area (Å²) in [6, 6.07) is 0.952. The van der Waals surface area contributed by atoms with Gasteiger partial charge in [-0.15, -0.1) is 0 Å². The third kappa shape index (κ3) is 7.11. The topological polar surface area (TPSA) is 77.0 Å². The molecule has 0 aromatic rings. The summed E-state index contributed by atoms with van der Waals surface area (Å²) in [7, 11) is -1.47. The first-order valence-corrected chi connectivity index (χ1v) is 11.0. The van der Waals surface area contributed by atoms with Crippen LogP contribution in [0.2, 0.25) is 0 Å². The van der Waals surface area contributed by atoms with Gasteiger partial charge in [-0.3, -0.25) is 9.89 Å². The van der Waals surface area contributed by atoms with Crippen LogP contribution in [0.4, 0.5) is 0 Å². The molecule has 1 aliphatic heterocycles. The lowest BCUT2D eigenvalue weighted by Gasteiger charge is -2.22. The van der Waals surface area contributed by atoms with Gasteiger partial charge in [0.25, 0.3) is 0 Å². The van der Waals surface area contributed by atoms with E-state index in [1.807, 2.05) is 0 Å². The molecule has 25 heavy (non-hydrogen) atoms. The normalized spacial score (nSPS) is 22.8. The predicted molar refractivity (Wildman–Crippen MR) is 105 cm³/mol. The van der Waals surface area contributed by atoms with Crippen molar-refractivity contribution in [2.75, 3.05) is 45.5 Å². The lowest BCUT2D eigenvalue weighted by Crippen LogP contribution is -2.47. The minimum Gasteiger partial charge on any atom is -0.357 e. The number of hydrogen-bond donors (Lipinski definition) is 2. The summed E-state index contributed by atoms with van der Waals surface area (Å²) in [5.41, 5.74) is 0. The zero-order chi connectivity index (χ0) is 19.0. The van der Waals surface area contributed by atoms with Crippen molar-refractivity contribution in [2.45, 2.75) is 53.1 Å². The first-order valence-electron chi connectivity index (χ1n) is 9.44. The van der Waals surface area contributed by atoms with E-state index in [0.29, 0.717) is 37.5 Å². The maximum absolute atomic E-state index is 11.7. The molecule has 7 nitrogen and oxygen atoms in total. The molecule has 1 aliphatic rings. The Morgan fingerprint density at radius 1 is 1.32 bits per heavy atom. The van der Waals surface area contributed by atoms with Crippen LogP contribution in [-0.4, -0.2) is 81.2 Å². The van der Waals surface area contributed by atoms with E-state index in [2.05, 4.69) is 48.2 Å². The lowest BCUT2D eigenvalue weighted by atomic mass is 10.1. The molecule has 2 atom stereocenters. The molecule has 2 unspecified atom stereocenters. The Kier molecular flexibility index (Phi) is 9.16. The van der Waals surface area contributed by atoms with Crippen LogP contribution in [0.5, 0.6) is 0 Å². The van der Waals surface area contributed by atoms with Crippen LogP contribution in [0.3, 0.4) is 0 Å². The van der Waals surface area contributed by atoms with E-state index in [-0.39, 0.29) is 5.75 Å². The minimum absolute atomic E-state index is 0.142. The Morgan fingerprint density at radius 2 is 2.00 bits per heavy atom. The fraction of sp³-hybridized carbons (Fsp3) is 0.941. The summed E-state index contributed by atoms with van der Waals surface area (Å²) in [5, 5.41) is 6.84. The standard InChI is InChI=1S/C17H37N5O2S/c1-7-18-17(19-10-9-11-21(6)25(23,24)8-2)20-16-13-22(14(3)4)12-15(16)5/h14-16H,7-13H2,1-6H3,(H2,18,19,20). The molecule has 0 bridgehead atoms. The van der Waals surface area contributed by atoms with Gasteiger partial charge in [0.1, 0.15) is 0 Å². The highest BCUT2D eigenvalue weighted by Crippen LogP contribution is 2.18. The predicted octanol–water partition coefficient (Wildman–Crippen LogP) is 0.942. The Hall–Kier alpha value is -0.860. The van der Waals surface area contributed by atoms with Crippen molar-refractivity contribution in [3.8, 4) is 0 Å². The van der Waals surface area contributed by atoms with E-state index < -0.39 is 10.0 Å².